The first-order chi connectivity index (χ1) is 11.1. The molecule has 2 aliphatic heterocycles. The summed E-state index contributed by atoms with van der Waals surface area (Å²) < 4.78 is 0. The standard InChI is InChI=1S/C16H21N5O2/c1-20-7-9-21(10-8-20)16-18-13(15(23)19-16)11-14(22)17-12-5-3-2-4-6-12/h2-6,13H,7-11H2,1H3,(H,17,22)(H,18,19,23). The highest BCUT2D eigenvalue weighted by Gasteiger charge is 2.31. The Bertz CT molecular complexity index is 608. The highest BCUT2D eigenvalue weighted by atomic mass is 16.2. The lowest BCUT2D eigenvalue weighted by molar-refractivity contribution is -0.124. The van der Waals surface area contributed by atoms with Crippen LogP contribution in [0.15, 0.2) is 35.3 Å². The van der Waals surface area contributed by atoms with Crippen LogP contribution in [0.25, 0.3) is 0 Å². The van der Waals surface area contributed by atoms with Gasteiger partial charge in [-0.2, -0.15) is 0 Å². The van der Waals surface area contributed by atoms with Crippen molar-refractivity contribution in [3.8, 4) is 0 Å². The number of nitrogens with one attached hydrogen (secondary N) is 2. The Morgan fingerprint density at radius 2 is 1.96 bits per heavy atom. The van der Waals surface area contributed by atoms with Crippen LogP contribution in [0.4, 0.5) is 5.69 Å². The van der Waals surface area contributed by atoms with E-state index in [1.165, 1.54) is 0 Å². The second-order valence-electron chi connectivity index (χ2n) is 5.87. The number of guanidine groups is 1. The minimum Gasteiger partial charge on any atom is -0.340 e. The molecular formula is C16H21N5O2. The summed E-state index contributed by atoms with van der Waals surface area (Å²) in [6, 6.07) is 8.56. The van der Waals surface area contributed by atoms with Crippen LogP contribution in [-0.2, 0) is 9.59 Å². The number of anilines is 1. The van der Waals surface area contributed by atoms with Crippen molar-refractivity contribution >= 4 is 23.5 Å². The topological polar surface area (TPSA) is 77.0 Å². The molecule has 0 radical (unpaired) electrons. The summed E-state index contributed by atoms with van der Waals surface area (Å²) in [5, 5.41) is 5.58. The Kier molecular flexibility index (Phi) is 4.57. The number of nitrogens with zero attached hydrogens (tertiary/aromatic N) is 3. The molecule has 122 valence electrons. The second kappa shape index (κ2) is 6.78. The van der Waals surface area contributed by atoms with E-state index in [9.17, 15) is 9.59 Å². The summed E-state index contributed by atoms with van der Waals surface area (Å²) in [5.41, 5.74) is 0.721. The quantitative estimate of drug-likeness (QED) is 0.830. The third-order valence-electron chi connectivity index (χ3n) is 4.05. The van der Waals surface area contributed by atoms with Crippen molar-refractivity contribution in [2.75, 3.05) is 38.5 Å². The van der Waals surface area contributed by atoms with Crippen LogP contribution in [0.3, 0.4) is 0 Å². The number of rotatable bonds is 3. The van der Waals surface area contributed by atoms with Gasteiger partial charge in [0.2, 0.25) is 11.9 Å². The molecule has 1 aromatic carbocycles. The van der Waals surface area contributed by atoms with Gasteiger partial charge >= 0.3 is 0 Å². The SMILES string of the molecule is CN1CCN(C2=NC(CC(=O)Nc3ccccc3)C(=O)N2)CC1. The van der Waals surface area contributed by atoms with Crippen molar-refractivity contribution in [1.82, 2.24) is 15.1 Å². The second-order valence-corrected chi connectivity index (χ2v) is 5.87. The smallest absolute Gasteiger partial charge is 0.252 e. The van der Waals surface area contributed by atoms with Gasteiger partial charge in [-0.25, -0.2) is 4.99 Å². The van der Waals surface area contributed by atoms with E-state index < -0.39 is 6.04 Å². The number of hydrogen-bond acceptors (Lipinski definition) is 5. The van der Waals surface area contributed by atoms with Crippen molar-refractivity contribution in [3.63, 3.8) is 0 Å². The van der Waals surface area contributed by atoms with Gasteiger partial charge in [-0.1, -0.05) is 18.2 Å². The lowest BCUT2D eigenvalue weighted by Gasteiger charge is -2.33. The molecule has 2 aliphatic rings. The molecule has 2 amide bonds. The van der Waals surface area contributed by atoms with E-state index in [1.807, 2.05) is 30.3 Å². The van der Waals surface area contributed by atoms with Crippen molar-refractivity contribution in [2.24, 2.45) is 4.99 Å². The third-order valence-corrected chi connectivity index (χ3v) is 4.05. The zero-order chi connectivity index (χ0) is 16.2. The Morgan fingerprint density at radius 3 is 2.65 bits per heavy atom. The van der Waals surface area contributed by atoms with E-state index >= 15 is 0 Å². The Morgan fingerprint density at radius 1 is 1.26 bits per heavy atom. The van der Waals surface area contributed by atoms with Gasteiger partial charge in [0.15, 0.2) is 0 Å². The predicted octanol–water partition coefficient (Wildman–Crippen LogP) is 0.117. The van der Waals surface area contributed by atoms with Gasteiger partial charge in [-0.3, -0.25) is 14.9 Å². The zero-order valence-electron chi connectivity index (χ0n) is 13.2. The first-order valence-corrected chi connectivity index (χ1v) is 7.79. The van der Waals surface area contributed by atoms with Crippen molar-refractivity contribution in [3.05, 3.63) is 30.3 Å². The summed E-state index contributed by atoms with van der Waals surface area (Å²) in [6.07, 6.45) is 0.0535. The molecule has 3 rings (SSSR count). The number of aliphatic imine (C=N–C) groups is 1. The monoisotopic (exact) mass is 315 g/mol. The summed E-state index contributed by atoms with van der Waals surface area (Å²) in [4.78, 5) is 32.8. The normalized spacial score (nSPS) is 21.8. The lowest BCUT2D eigenvalue weighted by Crippen LogP contribution is -2.50. The molecule has 0 aliphatic carbocycles. The van der Waals surface area contributed by atoms with Crippen LogP contribution in [0, 0.1) is 0 Å². The molecule has 1 fully saturated rings. The van der Waals surface area contributed by atoms with E-state index in [0.717, 1.165) is 31.9 Å². The average Bonchev–Trinajstić information content (AvgIpc) is 2.90. The Labute approximate surface area is 135 Å². The predicted molar refractivity (Wildman–Crippen MR) is 88.1 cm³/mol. The number of likely N-dealkylation sites (N-methyl/N-ethyl adjacent to an activating group) is 1. The number of benzene rings is 1. The molecule has 1 atom stereocenters. The zero-order valence-corrected chi connectivity index (χ0v) is 13.2. The van der Waals surface area contributed by atoms with Crippen LogP contribution < -0.4 is 10.6 Å². The third kappa shape index (κ3) is 3.87. The first kappa shape index (κ1) is 15.5. The number of para-hydroxylation sites is 1. The van der Waals surface area contributed by atoms with E-state index in [-0.39, 0.29) is 18.2 Å². The molecular weight excluding hydrogens is 294 g/mol. The highest BCUT2D eigenvalue weighted by Crippen LogP contribution is 2.12. The van der Waals surface area contributed by atoms with Crippen molar-refractivity contribution < 1.29 is 9.59 Å². The van der Waals surface area contributed by atoms with Crippen LogP contribution >= 0.6 is 0 Å². The maximum atomic E-state index is 12.1. The van der Waals surface area contributed by atoms with Crippen LogP contribution in [-0.4, -0.2) is 66.8 Å². The lowest BCUT2D eigenvalue weighted by atomic mass is 10.2. The number of carbonyl (C=O) groups is 2. The number of piperazine rings is 1. The van der Waals surface area contributed by atoms with E-state index in [4.69, 9.17) is 0 Å². The molecule has 7 heteroatoms. The summed E-state index contributed by atoms with van der Waals surface area (Å²) in [7, 11) is 2.07. The van der Waals surface area contributed by atoms with Gasteiger partial charge in [0.25, 0.3) is 5.91 Å². The minimum absolute atomic E-state index is 0.0535. The van der Waals surface area contributed by atoms with Gasteiger partial charge in [-0.05, 0) is 19.2 Å². The first-order valence-electron chi connectivity index (χ1n) is 7.79. The fourth-order valence-corrected chi connectivity index (χ4v) is 2.66. The molecule has 0 saturated carbocycles. The van der Waals surface area contributed by atoms with E-state index in [0.29, 0.717) is 5.96 Å². The minimum atomic E-state index is -0.645. The maximum absolute atomic E-state index is 12.1. The molecule has 23 heavy (non-hydrogen) atoms. The van der Waals surface area contributed by atoms with Crippen molar-refractivity contribution in [1.29, 1.82) is 0 Å². The van der Waals surface area contributed by atoms with Gasteiger partial charge in [0.05, 0.1) is 6.42 Å². The summed E-state index contributed by atoms with van der Waals surface area (Å²) in [6.45, 7) is 3.54. The van der Waals surface area contributed by atoms with E-state index in [1.54, 1.807) is 0 Å². The van der Waals surface area contributed by atoms with E-state index in [2.05, 4.69) is 32.5 Å². The van der Waals surface area contributed by atoms with Gasteiger partial charge in [-0.15, -0.1) is 0 Å². The number of carbonyl (C=O) groups excluding carboxylic acids is 2. The molecule has 1 saturated heterocycles. The molecule has 0 spiro atoms. The van der Waals surface area contributed by atoms with Gasteiger partial charge < -0.3 is 15.1 Å². The molecule has 1 aromatic rings. The Hall–Kier alpha value is -2.41. The van der Waals surface area contributed by atoms with Gasteiger partial charge in [0.1, 0.15) is 6.04 Å². The Balaban J connectivity index is 1.57. The molecule has 2 heterocycles. The van der Waals surface area contributed by atoms with Crippen LogP contribution in [0.1, 0.15) is 6.42 Å². The summed E-state index contributed by atoms with van der Waals surface area (Å²) in [5.74, 6) is 0.183. The highest BCUT2D eigenvalue weighted by molar-refractivity contribution is 6.07. The molecule has 2 N–H and O–H groups in total. The van der Waals surface area contributed by atoms with Crippen LogP contribution in [0.5, 0.6) is 0 Å². The molecule has 7 nitrogen and oxygen atoms in total. The summed E-state index contributed by atoms with van der Waals surface area (Å²) >= 11 is 0. The molecule has 0 bridgehead atoms. The molecule has 0 aromatic heterocycles. The van der Waals surface area contributed by atoms with Crippen molar-refractivity contribution in [2.45, 2.75) is 12.5 Å². The largest absolute Gasteiger partial charge is 0.340 e. The number of amides is 2. The maximum Gasteiger partial charge on any atom is 0.252 e. The fraction of sp³-hybridized carbons (Fsp3) is 0.438. The molecule has 1 unspecified atom stereocenters. The fourth-order valence-electron chi connectivity index (χ4n) is 2.66. The van der Waals surface area contributed by atoms with Crippen LogP contribution in [0.2, 0.25) is 0 Å². The number of hydrogen-bond donors (Lipinski definition) is 2. The average molecular weight is 315 g/mol. The van der Waals surface area contributed by atoms with Gasteiger partial charge in [0, 0.05) is 31.9 Å².